The number of aliphatic imine (C=N–C) groups is 1. The van der Waals surface area contributed by atoms with Crippen LogP contribution in [-0.4, -0.2) is 81.4 Å². The van der Waals surface area contributed by atoms with Crippen LogP contribution in [0, 0.1) is 5.92 Å². The molecule has 0 aromatic heterocycles. The maximum atomic E-state index is 12.6. The lowest BCUT2D eigenvalue weighted by Gasteiger charge is -2.31. The highest BCUT2D eigenvalue weighted by Crippen LogP contribution is 2.30. The van der Waals surface area contributed by atoms with E-state index in [4.69, 9.17) is 0 Å². The number of guanidine groups is 1. The van der Waals surface area contributed by atoms with Gasteiger partial charge in [0.05, 0.1) is 0 Å². The normalized spacial score (nSPS) is 18.4. The largest absolute Gasteiger partial charge is 0.511 e. The monoisotopic (exact) mass is 557 g/mol. The molecule has 174 valence electrons. The predicted octanol–water partition coefficient (Wildman–Crippen LogP) is 2.45. The second-order valence-corrected chi connectivity index (χ2v) is 9.11. The van der Waals surface area contributed by atoms with Crippen molar-refractivity contribution < 1.29 is 21.6 Å². The van der Waals surface area contributed by atoms with Crippen molar-refractivity contribution in [2.45, 2.75) is 51.6 Å². The van der Waals surface area contributed by atoms with Crippen LogP contribution in [0.15, 0.2) is 4.99 Å². The summed E-state index contributed by atoms with van der Waals surface area (Å²) in [7, 11) is -3.15. The molecule has 2 N–H and O–H groups in total. The van der Waals surface area contributed by atoms with E-state index >= 15 is 0 Å². The van der Waals surface area contributed by atoms with E-state index in [-0.39, 0.29) is 43.0 Å². The van der Waals surface area contributed by atoms with Crippen LogP contribution in [0.2, 0.25) is 0 Å². The minimum absolute atomic E-state index is 0. The number of nitrogens with zero attached hydrogens (tertiary/aromatic N) is 3. The molecule has 0 aromatic carbocycles. The van der Waals surface area contributed by atoms with Crippen LogP contribution in [0.5, 0.6) is 0 Å². The van der Waals surface area contributed by atoms with E-state index in [1.165, 1.54) is 0 Å². The molecule has 1 unspecified atom stereocenters. The van der Waals surface area contributed by atoms with E-state index in [0.717, 1.165) is 19.5 Å². The summed E-state index contributed by atoms with van der Waals surface area (Å²) in [6, 6.07) is 0.500. The molecule has 0 radical (unpaired) electrons. The van der Waals surface area contributed by atoms with Gasteiger partial charge >= 0.3 is 15.5 Å². The molecule has 0 bridgehead atoms. The maximum Gasteiger partial charge on any atom is 0.511 e. The Kier molecular flexibility index (Phi) is 13.0. The maximum absolute atomic E-state index is 12.6. The fourth-order valence-corrected chi connectivity index (χ4v) is 3.91. The highest BCUT2D eigenvalue weighted by Gasteiger charge is 2.50. The van der Waals surface area contributed by atoms with Crippen LogP contribution in [0.1, 0.15) is 40.0 Å². The average molecular weight is 557 g/mol. The number of hydrogen-bond acceptors (Lipinski definition) is 4. The number of alkyl halides is 3. The second-order valence-electron chi connectivity index (χ2n) is 7.18. The molecular weight excluding hydrogens is 522 g/mol. The molecule has 0 spiro atoms. The van der Waals surface area contributed by atoms with Crippen molar-refractivity contribution >= 4 is 40.0 Å². The Morgan fingerprint density at radius 1 is 1.24 bits per heavy atom. The van der Waals surface area contributed by atoms with Gasteiger partial charge in [-0.2, -0.15) is 17.5 Å². The zero-order valence-corrected chi connectivity index (χ0v) is 20.8. The van der Waals surface area contributed by atoms with Crippen LogP contribution >= 0.6 is 24.0 Å². The number of rotatable bonds is 9. The van der Waals surface area contributed by atoms with Gasteiger partial charge in [-0.05, 0) is 46.1 Å². The summed E-state index contributed by atoms with van der Waals surface area (Å²) < 4.78 is 61.3. The molecule has 1 rings (SSSR count). The third-order valence-corrected chi connectivity index (χ3v) is 6.79. The van der Waals surface area contributed by atoms with E-state index in [1.807, 2.05) is 6.92 Å². The summed E-state index contributed by atoms with van der Waals surface area (Å²) in [4.78, 5) is 6.78. The Morgan fingerprint density at radius 2 is 1.83 bits per heavy atom. The molecule has 0 aromatic rings. The van der Waals surface area contributed by atoms with Crippen molar-refractivity contribution in [2.24, 2.45) is 10.9 Å². The van der Waals surface area contributed by atoms with Crippen LogP contribution in [-0.2, 0) is 10.0 Å². The molecule has 1 atom stereocenters. The van der Waals surface area contributed by atoms with Gasteiger partial charge in [-0.25, -0.2) is 8.42 Å². The van der Waals surface area contributed by atoms with E-state index < -0.39 is 15.5 Å². The minimum atomic E-state index is -5.23. The number of sulfonamides is 1. The van der Waals surface area contributed by atoms with Crippen molar-refractivity contribution in [3.63, 3.8) is 0 Å². The SMILES string of the molecule is CCNC(=NCC1CCN(S(=O)(=O)C(F)(F)F)CC1)NCCN(C)C(C)CC.I. The first-order chi connectivity index (χ1) is 13.0. The molecule has 1 aliphatic heterocycles. The van der Waals surface area contributed by atoms with Gasteiger partial charge in [-0.15, -0.1) is 24.0 Å². The third-order valence-electron chi connectivity index (χ3n) is 5.16. The standard InChI is InChI=1S/C17H34F3N5O2S.HI/c1-5-14(3)24(4)12-9-22-16(21-6-2)23-13-15-7-10-25(11-8-15)28(26,27)17(18,19)20;/h14-15H,5-13H2,1-4H3,(H2,21,22,23);1H. The predicted molar refractivity (Wildman–Crippen MR) is 121 cm³/mol. The molecule has 0 amide bonds. The van der Waals surface area contributed by atoms with Crippen molar-refractivity contribution in [1.82, 2.24) is 19.8 Å². The molecule has 12 heteroatoms. The first-order valence-electron chi connectivity index (χ1n) is 9.81. The van der Waals surface area contributed by atoms with Gasteiger partial charge in [0.1, 0.15) is 0 Å². The van der Waals surface area contributed by atoms with E-state index in [2.05, 4.69) is 41.4 Å². The van der Waals surface area contributed by atoms with Gasteiger partial charge in [0.25, 0.3) is 0 Å². The van der Waals surface area contributed by atoms with E-state index in [1.54, 1.807) is 0 Å². The zero-order valence-electron chi connectivity index (χ0n) is 17.6. The van der Waals surface area contributed by atoms with Crippen molar-refractivity contribution in [3.8, 4) is 0 Å². The Balaban J connectivity index is 0.00000784. The summed E-state index contributed by atoms with van der Waals surface area (Å²) in [5.41, 5.74) is -5.23. The third kappa shape index (κ3) is 9.13. The molecule has 1 saturated heterocycles. The van der Waals surface area contributed by atoms with E-state index in [9.17, 15) is 21.6 Å². The van der Waals surface area contributed by atoms with Crippen molar-refractivity contribution in [2.75, 3.05) is 46.3 Å². The number of halogens is 4. The fraction of sp³-hybridized carbons (Fsp3) is 0.941. The summed E-state index contributed by atoms with van der Waals surface area (Å²) >= 11 is 0. The summed E-state index contributed by atoms with van der Waals surface area (Å²) in [6.45, 7) is 8.80. The first kappa shape index (κ1) is 28.7. The van der Waals surface area contributed by atoms with Crippen LogP contribution in [0.25, 0.3) is 0 Å². The number of hydrogen-bond donors (Lipinski definition) is 2. The molecule has 0 saturated carbocycles. The van der Waals surface area contributed by atoms with Crippen LogP contribution in [0.3, 0.4) is 0 Å². The Hall–Kier alpha value is -0.340. The molecular formula is C17H35F3IN5O2S. The Labute approximate surface area is 189 Å². The topological polar surface area (TPSA) is 77.0 Å². The number of likely N-dealkylation sites (N-methyl/N-ethyl adjacent to an activating group) is 1. The lowest BCUT2D eigenvalue weighted by atomic mass is 9.98. The number of nitrogens with one attached hydrogen (secondary N) is 2. The van der Waals surface area contributed by atoms with Gasteiger partial charge in [0, 0.05) is 45.3 Å². The average Bonchev–Trinajstić information content (AvgIpc) is 2.64. The molecule has 29 heavy (non-hydrogen) atoms. The molecule has 0 aliphatic carbocycles. The van der Waals surface area contributed by atoms with Gasteiger partial charge in [-0.3, -0.25) is 4.99 Å². The molecule has 1 fully saturated rings. The summed E-state index contributed by atoms with van der Waals surface area (Å²) in [5, 5.41) is 6.42. The summed E-state index contributed by atoms with van der Waals surface area (Å²) in [6.07, 6.45) is 1.82. The Morgan fingerprint density at radius 3 is 2.31 bits per heavy atom. The van der Waals surface area contributed by atoms with Gasteiger partial charge in [0.2, 0.25) is 0 Å². The molecule has 7 nitrogen and oxygen atoms in total. The van der Waals surface area contributed by atoms with Gasteiger partial charge in [-0.1, -0.05) is 6.92 Å². The van der Waals surface area contributed by atoms with E-state index in [0.29, 0.717) is 42.2 Å². The number of piperidine rings is 1. The van der Waals surface area contributed by atoms with Crippen molar-refractivity contribution in [1.29, 1.82) is 0 Å². The second kappa shape index (κ2) is 13.2. The van der Waals surface area contributed by atoms with Crippen molar-refractivity contribution in [3.05, 3.63) is 0 Å². The lowest BCUT2D eigenvalue weighted by molar-refractivity contribution is -0.0496. The molecule has 1 aliphatic rings. The fourth-order valence-electron chi connectivity index (χ4n) is 2.92. The Bertz CT molecular complexity index is 596. The minimum Gasteiger partial charge on any atom is -0.357 e. The smallest absolute Gasteiger partial charge is 0.357 e. The quantitative estimate of drug-likeness (QED) is 0.259. The van der Waals surface area contributed by atoms with Crippen LogP contribution in [0.4, 0.5) is 13.2 Å². The molecule has 1 heterocycles. The highest BCUT2D eigenvalue weighted by molar-refractivity contribution is 14.0. The van der Waals surface area contributed by atoms with Crippen LogP contribution < -0.4 is 10.6 Å². The highest BCUT2D eigenvalue weighted by atomic mass is 127. The zero-order chi connectivity index (χ0) is 21.4. The lowest BCUT2D eigenvalue weighted by Crippen LogP contribution is -2.45. The van der Waals surface area contributed by atoms with Gasteiger partial charge in [0.15, 0.2) is 5.96 Å². The first-order valence-corrected chi connectivity index (χ1v) is 11.3. The van der Waals surface area contributed by atoms with Gasteiger partial charge < -0.3 is 15.5 Å². The summed E-state index contributed by atoms with van der Waals surface area (Å²) in [5.74, 6) is 0.739.